The Labute approximate surface area is 47.4 Å². The van der Waals surface area contributed by atoms with Crippen molar-refractivity contribution in [2.45, 2.75) is 0 Å². The first kappa shape index (κ1) is 3.89. The normalized spacial score (nSPS) is 13.1. The van der Waals surface area contributed by atoms with E-state index < -0.39 is 0 Å². The summed E-state index contributed by atoms with van der Waals surface area (Å²) in [5, 5.41) is 4.03. The Kier molecular flexibility index (Phi) is 0.497. The van der Waals surface area contributed by atoms with Gasteiger partial charge in [0.05, 0.1) is 11.9 Å². The molecule has 0 radical (unpaired) electrons. The number of aromatic nitrogens is 2. The number of aryl methyl sites for hydroxylation is 1. The molecule has 0 unspecified atom stereocenters. The molecule has 0 spiro atoms. The Balaban J connectivity index is 2.73. The molecule has 0 saturated carbocycles. The van der Waals surface area contributed by atoms with Gasteiger partial charge in [0.2, 0.25) is 0 Å². The summed E-state index contributed by atoms with van der Waals surface area (Å²) in [4.78, 5) is 0. The van der Waals surface area contributed by atoms with E-state index in [1.54, 1.807) is 0 Å². The first-order chi connectivity index (χ1) is 3.88. The third-order valence-electron chi connectivity index (χ3n) is 1.44. The molecule has 0 aliphatic heterocycles. The molecule has 1 aromatic rings. The van der Waals surface area contributed by atoms with Gasteiger partial charge in [0.1, 0.15) is 0 Å². The van der Waals surface area contributed by atoms with Crippen molar-refractivity contribution in [1.29, 1.82) is 0 Å². The molecule has 0 atom stereocenters. The molecule has 0 bridgehead atoms. The van der Waals surface area contributed by atoms with E-state index in [0.717, 1.165) is 0 Å². The molecule has 0 fully saturated rings. The van der Waals surface area contributed by atoms with Crippen molar-refractivity contribution in [2.24, 2.45) is 7.05 Å². The molecule has 0 saturated heterocycles. The zero-order valence-electron chi connectivity index (χ0n) is 4.63. The Morgan fingerprint density at radius 2 is 2.38 bits per heavy atom. The van der Waals surface area contributed by atoms with Crippen LogP contribution in [0.1, 0.15) is 11.3 Å². The first-order valence-corrected chi connectivity index (χ1v) is 2.58. The molecule has 2 heteroatoms. The Morgan fingerprint density at radius 3 is 2.62 bits per heavy atom. The topological polar surface area (TPSA) is 17.8 Å². The van der Waals surface area contributed by atoms with Crippen molar-refractivity contribution >= 4 is 12.2 Å². The maximum atomic E-state index is 4.03. The second-order valence-corrected chi connectivity index (χ2v) is 1.94. The van der Waals surface area contributed by atoms with Gasteiger partial charge >= 0.3 is 0 Å². The van der Waals surface area contributed by atoms with Crippen LogP contribution in [-0.4, -0.2) is 9.78 Å². The van der Waals surface area contributed by atoms with Crippen LogP contribution >= 0.6 is 0 Å². The van der Waals surface area contributed by atoms with Crippen LogP contribution in [0, 0.1) is 0 Å². The van der Waals surface area contributed by atoms with Crippen LogP contribution in [0.2, 0.25) is 0 Å². The maximum Gasteiger partial charge on any atom is 0.0679 e. The van der Waals surface area contributed by atoms with Gasteiger partial charge in [-0.1, -0.05) is 0 Å². The van der Waals surface area contributed by atoms with Gasteiger partial charge in [-0.25, -0.2) is 0 Å². The molecule has 1 aliphatic carbocycles. The number of hydrogen-bond acceptors (Lipinski definition) is 1. The van der Waals surface area contributed by atoms with Gasteiger partial charge in [0, 0.05) is 12.6 Å². The fraction of sp³-hybridized carbons (Fsp3) is 0.167. The maximum absolute atomic E-state index is 4.03. The van der Waals surface area contributed by atoms with E-state index in [1.165, 1.54) is 11.3 Å². The van der Waals surface area contributed by atoms with Crippen LogP contribution in [0.3, 0.4) is 0 Å². The van der Waals surface area contributed by atoms with Crippen LogP contribution in [0.4, 0.5) is 0 Å². The molecule has 0 amide bonds. The van der Waals surface area contributed by atoms with Crippen molar-refractivity contribution in [3.05, 3.63) is 17.5 Å². The van der Waals surface area contributed by atoms with Crippen molar-refractivity contribution < 1.29 is 0 Å². The average molecular weight is 106 g/mol. The zero-order chi connectivity index (χ0) is 5.56. The van der Waals surface area contributed by atoms with Crippen LogP contribution in [0.5, 0.6) is 0 Å². The van der Waals surface area contributed by atoms with Gasteiger partial charge in [-0.05, 0) is 12.2 Å². The smallest absolute Gasteiger partial charge is 0.0679 e. The van der Waals surface area contributed by atoms with Crippen molar-refractivity contribution in [3.8, 4) is 0 Å². The fourth-order valence-corrected chi connectivity index (χ4v) is 0.869. The lowest BCUT2D eigenvalue weighted by Crippen LogP contribution is -1.96. The van der Waals surface area contributed by atoms with Crippen LogP contribution in [0.15, 0.2) is 6.20 Å². The first-order valence-electron chi connectivity index (χ1n) is 2.58. The van der Waals surface area contributed by atoms with Gasteiger partial charge in [-0.3, -0.25) is 4.68 Å². The lowest BCUT2D eigenvalue weighted by Gasteiger charge is -2.02. The van der Waals surface area contributed by atoms with Gasteiger partial charge in [-0.15, -0.1) is 0 Å². The highest BCUT2D eigenvalue weighted by atomic mass is 15.3. The molecule has 1 aromatic heterocycles. The summed E-state index contributed by atoms with van der Waals surface area (Å²) in [6.45, 7) is 0. The summed E-state index contributed by atoms with van der Waals surface area (Å²) in [6, 6.07) is 0. The third-order valence-corrected chi connectivity index (χ3v) is 1.44. The highest BCUT2D eigenvalue weighted by molar-refractivity contribution is 5.83. The molecular weight excluding hydrogens is 100 g/mol. The lowest BCUT2D eigenvalue weighted by molar-refractivity contribution is 0.759. The van der Waals surface area contributed by atoms with E-state index in [1.807, 2.05) is 17.9 Å². The second-order valence-electron chi connectivity index (χ2n) is 1.94. The minimum Gasteiger partial charge on any atom is -0.268 e. The molecule has 2 nitrogen and oxygen atoms in total. The SMILES string of the molecule is Cn1ncc2c1C=C2. The van der Waals surface area contributed by atoms with Crippen LogP contribution in [0.25, 0.3) is 12.2 Å². The molecule has 40 valence electrons. The lowest BCUT2D eigenvalue weighted by atomic mass is 10.1. The Bertz CT molecular complexity index is 245. The molecular formula is C6H6N2. The number of nitrogens with zero attached hydrogens (tertiary/aromatic N) is 2. The Hall–Kier alpha value is -1.05. The van der Waals surface area contributed by atoms with E-state index in [2.05, 4.69) is 17.3 Å². The minimum atomic E-state index is 1.24. The molecule has 0 N–H and O–H groups in total. The summed E-state index contributed by atoms with van der Waals surface area (Å²) >= 11 is 0. The number of rotatable bonds is 0. The molecule has 1 heterocycles. The van der Waals surface area contributed by atoms with Gasteiger partial charge in [-0.2, -0.15) is 5.10 Å². The van der Waals surface area contributed by atoms with Gasteiger partial charge in [0.15, 0.2) is 0 Å². The highest BCUT2D eigenvalue weighted by Crippen LogP contribution is 2.20. The molecule has 2 rings (SSSR count). The number of fused-ring (bicyclic) bond motifs is 1. The second kappa shape index (κ2) is 1.02. The van der Waals surface area contributed by atoms with E-state index in [9.17, 15) is 0 Å². The van der Waals surface area contributed by atoms with E-state index >= 15 is 0 Å². The monoisotopic (exact) mass is 106 g/mol. The van der Waals surface area contributed by atoms with E-state index in [0.29, 0.717) is 0 Å². The van der Waals surface area contributed by atoms with Crippen molar-refractivity contribution in [1.82, 2.24) is 9.78 Å². The van der Waals surface area contributed by atoms with Gasteiger partial charge < -0.3 is 0 Å². The Morgan fingerprint density at radius 1 is 1.50 bits per heavy atom. The van der Waals surface area contributed by atoms with Crippen molar-refractivity contribution in [3.63, 3.8) is 0 Å². The molecule has 8 heavy (non-hydrogen) atoms. The third kappa shape index (κ3) is 0.269. The summed E-state index contributed by atoms with van der Waals surface area (Å²) in [5.74, 6) is 0. The predicted octanol–water partition coefficient (Wildman–Crippen LogP) is 0.904. The average Bonchev–Trinajstić information content (AvgIpc) is 1.80. The number of hydrogen-bond donors (Lipinski definition) is 0. The van der Waals surface area contributed by atoms with Crippen LogP contribution < -0.4 is 0 Å². The highest BCUT2D eigenvalue weighted by Gasteiger charge is 2.08. The minimum absolute atomic E-state index is 1.24. The van der Waals surface area contributed by atoms with Gasteiger partial charge in [0.25, 0.3) is 0 Å². The van der Waals surface area contributed by atoms with E-state index in [4.69, 9.17) is 0 Å². The predicted molar refractivity (Wildman–Crippen MR) is 32.1 cm³/mol. The standard InChI is InChI=1S/C6H6N2/c1-8-6-3-2-5(6)4-7-8/h2-4H,1H3. The quantitative estimate of drug-likeness (QED) is 0.488. The summed E-state index contributed by atoms with van der Waals surface area (Å²) < 4.78 is 1.87. The summed E-state index contributed by atoms with van der Waals surface area (Å²) in [7, 11) is 1.95. The largest absolute Gasteiger partial charge is 0.268 e. The molecule has 0 aromatic carbocycles. The summed E-state index contributed by atoms with van der Waals surface area (Å²) in [5.41, 5.74) is 2.50. The van der Waals surface area contributed by atoms with Crippen LogP contribution in [-0.2, 0) is 7.05 Å². The van der Waals surface area contributed by atoms with Crippen molar-refractivity contribution in [2.75, 3.05) is 0 Å². The summed E-state index contributed by atoms with van der Waals surface area (Å²) in [6.07, 6.45) is 5.99. The zero-order valence-corrected chi connectivity index (χ0v) is 4.63. The molecule has 1 aliphatic rings. The van der Waals surface area contributed by atoms with E-state index in [-0.39, 0.29) is 0 Å². The fourth-order valence-electron chi connectivity index (χ4n) is 0.869.